The third-order valence-electron chi connectivity index (χ3n) is 2.58. The number of hydrogen-bond acceptors (Lipinski definition) is 2. The SMILES string of the molecule is Cc1c(C(=O)O)nn(C)c1-c1cccc(F)c1. The molecular formula is C12H11FN2O2. The quantitative estimate of drug-likeness (QED) is 0.866. The standard InChI is InChI=1S/C12H11FN2O2/c1-7-10(12(16)17)14-15(2)11(7)8-4-3-5-9(13)6-8/h3-6H,1-2H3,(H,16,17). The number of carboxylic acids is 1. The second kappa shape index (κ2) is 4.01. The summed E-state index contributed by atoms with van der Waals surface area (Å²) in [6.07, 6.45) is 0. The summed E-state index contributed by atoms with van der Waals surface area (Å²) in [5.74, 6) is -1.44. The Morgan fingerprint density at radius 3 is 2.71 bits per heavy atom. The molecule has 0 saturated carbocycles. The van der Waals surface area contributed by atoms with Crippen molar-refractivity contribution in [1.29, 1.82) is 0 Å². The van der Waals surface area contributed by atoms with Crippen molar-refractivity contribution in [2.75, 3.05) is 0 Å². The topological polar surface area (TPSA) is 55.1 Å². The van der Waals surface area contributed by atoms with E-state index < -0.39 is 5.97 Å². The zero-order valence-electron chi connectivity index (χ0n) is 9.44. The number of aromatic carboxylic acids is 1. The van der Waals surface area contributed by atoms with E-state index in [2.05, 4.69) is 5.10 Å². The fraction of sp³-hybridized carbons (Fsp3) is 0.167. The van der Waals surface area contributed by atoms with E-state index in [9.17, 15) is 9.18 Å². The van der Waals surface area contributed by atoms with E-state index in [-0.39, 0.29) is 11.5 Å². The average molecular weight is 234 g/mol. The van der Waals surface area contributed by atoms with Gasteiger partial charge in [0.2, 0.25) is 0 Å². The first-order valence-corrected chi connectivity index (χ1v) is 5.03. The van der Waals surface area contributed by atoms with Gasteiger partial charge in [0, 0.05) is 18.2 Å². The van der Waals surface area contributed by atoms with Crippen molar-refractivity contribution in [3.8, 4) is 11.3 Å². The molecule has 0 amide bonds. The zero-order chi connectivity index (χ0) is 12.6. The maximum absolute atomic E-state index is 13.1. The number of aromatic nitrogens is 2. The van der Waals surface area contributed by atoms with Crippen LogP contribution in [0, 0.1) is 12.7 Å². The summed E-state index contributed by atoms with van der Waals surface area (Å²) < 4.78 is 14.6. The molecule has 5 heteroatoms. The van der Waals surface area contributed by atoms with Crippen LogP contribution in [-0.2, 0) is 7.05 Å². The average Bonchev–Trinajstić information content (AvgIpc) is 2.54. The van der Waals surface area contributed by atoms with Gasteiger partial charge in [-0.2, -0.15) is 5.10 Å². The van der Waals surface area contributed by atoms with E-state index >= 15 is 0 Å². The summed E-state index contributed by atoms with van der Waals surface area (Å²) in [6.45, 7) is 1.66. The Bertz CT molecular complexity index is 590. The number of halogens is 1. The van der Waals surface area contributed by atoms with E-state index in [1.165, 1.54) is 16.8 Å². The highest BCUT2D eigenvalue weighted by Gasteiger charge is 2.18. The maximum Gasteiger partial charge on any atom is 0.356 e. The van der Waals surface area contributed by atoms with Crippen molar-refractivity contribution in [1.82, 2.24) is 9.78 Å². The molecule has 0 spiro atoms. The molecule has 1 N–H and O–H groups in total. The Balaban J connectivity index is 2.64. The highest BCUT2D eigenvalue weighted by molar-refractivity contribution is 5.89. The minimum Gasteiger partial charge on any atom is -0.476 e. The third-order valence-corrected chi connectivity index (χ3v) is 2.58. The van der Waals surface area contributed by atoms with E-state index in [1.807, 2.05) is 0 Å². The maximum atomic E-state index is 13.1. The van der Waals surface area contributed by atoms with Gasteiger partial charge in [0.05, 0.1) is 5.69 Å². The Morgan fingerprint density at radius 2 is 2.18 bits per heavy atom. The van der Waals surface area contributed by atoms with Crippen LogP contribution in [0.2, 0.25) is 0 Å². The van der Waals surface area contributed by atoms with E-state index in [4.69, 9.17) is 5.11 Å². The molecule has 1 heterocycles. The molecule has 0 unspecified atom stereocenters. The second-order valence-corrected chi connectivity index (χ2v) is 3.76. The first kappa shape index (κ1) is 11.3. The second-order valence-electron chi connectivity index (χ2n) is 3.76. The molecule has 2 aromatic rings. The number of hydrogen-bond donors (Lipinski definition) is 1. The lowest BCUT2D eigenvalue weighted by Gasteiger charge is -2.03. The monoisotopic (exact) mass is 234 g/mol. The summed E-state index contributed by atoms with van der Waals surface area (Å²) in [7, 11) is 1.64. The highest BCUT2D eigenvalue weighted by atomic mass is 19.1. The molecule has 0 bridgehead atoms. The van der Waals surface area contributed by atoms with E-state index in [1.54, 1.807) is 26.1 Å². The lowest BCUT2D eigenvalue weighted by Crippen LogP contribution is -2.00. The molecule has 2 rings (SSSR count). The van der Waals surface area contributed by atoms with Crippen molar-refractivity contribution in [2.24, 2.45) is 7.05 Å². The summed E-state index contributed by atoms with van der Waals surface area (Å²) in [6, 6.07) is 6.00. The van der Waals surface area contributed by atoms with Crippen LogP contribution in [0.15, 0.2) is 24.3 Å². The molecule has 4 nitrogen and oxygen atoms in total. The van der Waals surface area contributed by atoms with Gasteiger partial charge in [-0.05, 0) is 19.1 Å². The van der Waals surface area contributed by atoms with Crippen molar-refractivity contribution in [3.63, 3.8) is 0 Å². The summed E-state index contributed by atoms with van der Waals surface area (Å²) in [4.78, 5) is 10.9. The van der Waals surface area contributed by atoms with Gasteiger partial charge >= 0.3 is 5.97 Å². The van der Waals surface area contributed by atoms with Crippen LogP contribution in [-0.4, -0.2) is 20.9 Å². The van der Waals surface area contributed by atoms with Gasteiger partial charge in [-0.3, -0.25) is 4.68 Å². The van der Waals surface area contributed by atoms with Gasteiger partial charge in [-0.1, -0.05) is 12.1 Å². The van der Waals surface area contributed by atoms with Crippen molar-refractivity contribution >= 4 is 5.97 Å². The molecule has 1 aromatic heterocycles. The number of nitrogens with zero attached hydrogens (tertiary/aromatic N) is 2. The molecule has 1 aromatic carbocycles. The first-order valence-electron chi connectivity index (χ1n) is 5.03. The number of carboxylic acid groups (broad SMARTS) is 1. The molecule has 88 valence electrons. The van der Waals surface area contributed by atoms with Crippen LogP contribution >= 0.6 is 0 Å². The number of rotatable bonds is 2. The molecule has 0 fully saturated rings. The van der Waals surface area contributed by atoms with Gasteiger partial charge in [-0.25, -0.2) is 9.18 Å². The van der Waals surface area contributed by atoms with Crippen molar-refractivity contribution in [2.45, 2.75) is 6.92 Å². The van der Waals surface area contributed by atoms with Crippen LogP contribution in [0.5, 0.6) is 0 Å². The first-order chi connectivity index (χ1) is 8.00. The van der Waals surface area contributed by atoms with E-state index in [0.717, 1.165) is 0 Å². The Kier molecular flexibility index (Phi) is 2.67. The normalized spacial score (nSPS) is 10.5. The molecule has 17 heavy (non-hydrogen) atoms. The van der Waals surface area contributed by atoms with Gasteiger partial charge in [0.25, 0.3) is 0 Å². The van der Waals surface area contributed by atoms with Gasteiger partial charge in [-0.15, -0.1) is 0 Å². The predicted octanol–water partition coefficient (Wildman–Crippen LogP) is 2.23. The van der Waals surface area contributed by atoms with Crippen LogP contribution < -0.4 is 0 Å². The third kappa shape index (κ3) is 1.91. The largest absolute Gasteiger partial charge is 0.476 e. The number of aryl methyl sites for hydroxylation is 1. The molecular weight excluding hydrogens is 223 g/mol. The molecule has 0 atom stereocenters. The van der Waals surface area contributed by atoms with Crippen LogP contribution in [0.3, 0.4) is 0 Å². The smallest absolute Gasteiger partial charge is 0.356 e. The zero-order valence-corrected chi connectivity index (χ0v) is 9.44. The molecule has 0 radical (unpaired) electrons. The van der Waals surface area contributed by atoms with Crippen LogP contribution in [0.4, 0.5) is 4.39 Å². The molecule has 0 aliphatic heterocycles. The minimum absolute atomic E-state index is 0.00763. The number of benzene rings is 1. The van der Waals surface area contributed by atoms with Crippen LogP contribution in [0.1, 0.15) is 16.1 Å². The molecule has 0 aliphatic rings. The minimum atomic E-state index is -1.08. The molecule has 0 saturated heterocycles. The van der Waals surface area contributed by atoms with Gasteiger partial charge in [0.15, 0.2) is 5.69 Å². The Morgan fingerprint density at radius 1 is 1.47 bits per heavy atom. The lowest BCUT2D eigenvalue weighted by molar-refractivity contribution is 0.0689. The summed E-state index contributed by atoms with van der Waals surface area (Å²) in [5, 5.41) is 12.9. The lowest BCUT2D eigenvalue weighted by atomic mass is 10.1. The fourth-order valence-electron chi connectivity index (χ4n) is 1.87. The van der Waals surface area contributed by atoms with Crippen molar-refractivity contribution in [3.05, 3.63) is 41.3 Å². The highest BCUT2D eigenvalue weighted by Crippen LogP contribution is 2.25. The number of carbonyl (C=O) groups is 1. The Hall–Kier alpha value is -2.17. The van der Waals surface area contributed by atoms with Gasteiger partial charge < -0.3 is 5.11 Å². The summed E-state index contributed by atoms with van der Waals surface area (Å²) >= 11 is 0. The molecule has 0 aliphatic carbocycles. The fourth-order valence-corrected chi connectivity index (χ4v) is 1.87. The predicted molar refractivity (Wildman–Crippen MR) is 60.3 cm³/mol. The van der Waals surface area contributed by atoms with Gasteiger partial charge in [0.1, 0.15) is 5.82 Å². The van der Waals surface area contributed by atoms with Crippen molar-refractivity contribution < 1.29 is 14.3 Å². The Labute approximate surface area is 97.3 Å². The van der Waals surface area contributed by atoms with Crippen LogP contribution in [0.25, 0.3) is 11.3 Å². The van der Waals surface area contributed by atoms with E-state index in [0.29, 0.717) is 16.8 Å². The summed E-state index contributed by atoms with van der Waals surface area (Å²) in [5.41, 5.74) is 1.75.